The second kappa shape index (κ2) is 7.99. The molecule has 1 amide bonds. The smallest absolute Gasteiger partial charge is 0.238 e. The van der Waals surface area contributed by atoms with Gasteiger partial charge in [-0.1, -0.05) is 13.8 Å². The first-order valence-corrected chi connectivity index (χ1v) is 8.48. The molecule has 118 valence electrons. The molecule has 0 atom stereocenters. The molecule has 0 aliphatic rings. The van der Waals surface area contributed by atoms with E-state index in [1.165, 1.54) is 12.1 Å². The van der Waals surface area contributed by atoms with Gasteiger partial charge in [0.15, 0.2) is 0 Å². The Balaban J connectivity index is 2.62. The Hall–Kier alpha value is -1.60. The molecule has 0 saturated heterocycles. The van der Waals surface area contributed by atoms with Gasteiger partial charge in [0.25, 0.3) is 0 Å². The predicted molar refractivity (Wildman–Crippen MR) is 80.6 cm³/mol. The van der Waals surface area contributed by atoms with Crippen molar-refractivity contribution in [1.82, 2.24) is 5.32 Å². The SMILES string of the molecule is CCCC(=O)NCCOc1ccc(S(N)(=O)=O)cc1CC. The molecule has 0 aliphatic heterocycles. The summed E-state index contributed by atoms with van der Waals surface area (Å²) in [6, 6.07) is 4.52. The molecule has 7 heteroatoms. The van der Waals surface area contributed by atoms with Gasteiger partial charge < -0.3 is 10.1 Å². The summed E-state index contributed by atoms with van der Waals surface area (Å²) in [5, 5.41) is 7.84. The number of carbonyl (C=O) groups excluding carboxylic acids is 1. The van der Waals surface area contributed by atoms with Crippen LogP contribution in [0.2, 0.25) is 0 Å². The molecule has 0 bridgehead atoms. The Morgan fingerprint density at radius 1 is 1.33 bits per heavy atom. The van der Waals surface area contributed by atoms with E-state index in [0.717, 1.165) is 12.0 Å². The Morgan fingerprint density at radius 3 is 2.62 bits per heavy atom. The maximum absolute atomic E-state index is 11.3. The summed E-state index contributed by atoms with van der Waals surface area (Å²) >= 11 is 0. The number of nitrogens with one attached hydrogen (secondary N) is 1. The van der Waals surface area contributed by atoms with Crippen LogP contribution in [0.15, 0.2) is 23.1 Å². The van der Waals surface area contributed by atoms with Crippen molar-refractivity contribution >= 4 is 15.9 Å². The monoisotopic (exact) mass is 314 g/mol. The maximum atomic E-state index is 11.3. The van der Waals surface area contributed by atoms with Crippen LogP contribution in [0.3, 0.4) is 0 Å². The zero-order valence-corrected chi connectivity index (χ0v) is 13.2. The Labute approximate surface area is 125 Å². The second-order valence-corrected chi connectivity index (χ2v) is 6.18. The van der Waals surface area contributed by atoms with Crippen molar-refractivity contribution in [2.45, 2.75) is 38.0 Å². The number of hydrogen-bond donors (Lipinski definition) is 2. The topological polar surface area (TPSA) is 98.5 Å². The molecule has 1 aromatic rings. The van der Waals surface area contributed by atoms with Gasteiger partial charge in [-0.3, -0.25) is 4.79 Å². The molecule has 1 aromatic carbocycles. The largest absolute Gasteiger partial charge is 0.491 e. The lowest BCUT2D eigenvalue weighted by molar-refractivity contribution is -0.121. The van der Waals surface area contributed by atoms with Gasteiger partial charge in [0.2, 0.25) is 15.9 Å². The van der Waals surface area contributed by atoms with E-state index in [-0.39, 0.29) is 10.8 Å². The molecule has 21 heavy (non-hydrogen) atoms. The van der Waals surface area contributed by atoms with E-state index in [9.17, 15) is 13.2 Å². The summed E-state index contributed by atoms with van der Waals surface area (Å²) in [6.45, 7) is 4.59. The standard InChI is InChI=1S/C14H22N2O4S/c1-3-5-14(17)16-8-9-20-13-7-6-12(21(15,18)19)10-11(13)4-2/h6-7,10H,3-5,8-9H2,1-2H3,(H,16,17)(H2,15,18,19). The first kappa shape index (κ1) is 17.5. The van der Waals surface area contributed by atoms with Gasteiger partial charge in [-0.2, -0.15) is 0 Å². The quantitative estimate of drug-likeness (QED) is 0.704. The van der Waals surface area contributed by atoms with Crippen molar-refractivity contribution in [3.05, 3.63) is 23.8 Å². The Bertz CT molecular complexity index is 585. The van der Waals surface area contributed by atoms with Crippen LogP contribution < -0.4 is 15.2 Å². The van der Waals surface area contributed by atoms with Crippen molar-refractivity contribution in [3.8, 4) is 5.75 Å². The van der Waals surface area contributed by atoms with Gasteiger partial charge >= 0.3 is 0 Å². The van der Waals surface area contributed by atoms with Crippen LogP contribution in [0.4, 0.5) is 0 Å². The first-order chi connectivity index (χ1) is 9.88. The summed E-state index contributed by atoms with van der Waals surface area (Å²) in [4.78, 5) is 11.4. The molecule has 0 radical (unpaired) electrons. The highest BCUT2D eigenvalue weighted by atomic mass is 32.2. The number of aryl methyl sites for hydroxylation is 1. The minimum absolute atomic E-state index is 0.00129. The number of amides is 1. The van der Waals surface area contributed by atoms with E-state index in [4.69, 9.17) is 9.88 Å². The summed E-state index contributed by atoms with van der Waals surface area (Å²) in [6.07, 6.45) is 1.94. The lowest BCUT2D eigenvalue weighted by Crippen LogP contribution is -2.27. The van der Waals surface area contributed by atoms with Gasteiger partial charge in [-0.05, 0) is 36.6 Å². The van der Waals surface area contributed by atoms with Crippen LogP contribution in [0.25, 0.3) is 0 Å². The molecule has 0 unspecified atom stereocenters. The summed E-state index contributed by atoms with van der Waals surface area (Å²) < 4.78 is 28.2. The van der Waals surface area contributed by atoms with Crippen LogP contribution in [0.1, 0.15) is 32.3 Å². The van der Waals surface area contributed by atoms with Crippen LogP contribution in [0.5, 0.6) is 5.75 Å². The number of primary sulfonamides is 1. The summed E-state index contributed by atoms with van der Waals surface area (Å²) in [5.74, 6) is 0.607. The lowest BCUT2D eigenvalue weighted by Gasteiger charge is -2.12. The van der Waals surface area contributed by atoms with Gasteiger partial charge in [0, 0.05) is 6.42 Å². The summed E-state index contributed by atoms with van der Waals surface area (Å²) in [7, 11) is -3.71. The molecule has 3 N–H and O–H groups in total. The maximum Gasteiger partial charge on any atom is 0.238 e. The fourth-order valence-electron chi connectivity index (χ4n) is 1.82. The fraction of sp³-hybridized carbons (Fsp3) is 0.500. The van der Waals surface area contributed by atoms with Crippen LogP contribution in [-0.2, 0) is 21.2 Å². The highest BCUT2D eigenvalue weighted by Crippen LogP contribution is 2.22. The van der Waals surface area contributed by atoms with Crippen molar-refractivity contribution < 1.29 is 17.9 Å². The second-order valence-electron chi connectivity index (χ2n) is 4.62. The number of hydrogen-bond acceptors (Lipinski definition) is 4. The molecule has 1 rings (SSSR count). The number of benzene rings is 1. The number of sulfonamides is 1. The third-order valence-electron chi connectivity index (χ3n) is 2.90. The van der Waals surface area contributed by atoms with Crippen molar-refractivity contribution in [1.29, 1.82) is 0 Å². The molecule has 0 aliphatic carbocycles. The molecule has 0 fully saturated rings. The summed E-state index contributed by atoms with van der Waals surface area (Å²) in [5.41, 5.74) is 0.765. The Kier molecular flexibility index (Phi) is 6.64. The van der Waals surface area contributed by atoms with Crippen LogP contribution in [-0.4, -0.2) is 27.5 Å². The number of ether oxygens (including phenoxy) is 1. The average molecular weight is 314 g/mol. The third-order valence-corrected chi connectivity index (χ3v) is 3.81. The molecular formula is C14H22N2O4S. The zero-order chi connectivity index (χ0) is 15.9. The van der Waals surface area contributed by atoms with Crippen molar-refractivity contribution in [2.24, 2.45) is 5.14 Å². The van der Waals surface area contributed by atoms with Crippen LogP contribution in [0, 0.1) is 0 Å². The van der Waals surface area contributed by atoms with Crippen molar-refractivity contribution in [3.63, 3.8) is 0 Å². The zero-order valence-electron chi connectivity index (χ0n) is 12.4. The van der Waals surface area contributed by atoms with E-state index in [1.54, 1.807) is 6.07 Å². The molecule has 0 aromatic heterocycles. The van der Waals surface area contributed by atoms with Crippen molar-refractivity contribution in [2.75, 3.05) is 13.2 Å². The van der Waals surface area contributed by atoms with E-state index >= 15 is 0 Å². The molecule has 0 heterocycles. The van der Waals surface area contributed by atoms with E-state index in [0.29, 0.717) is 31.7 Å². The molecular weight excluding hydrogens is 292 g/mol. The van der Waals surface area contributed by atoms with E-state index in [2.05, 4.69) is 5.32 Å². The third kappa shape index (κ3) is 5.73. The molecule has 0 saturated carbocycles. The fourth-order valence-corrected chi connectivity index (χ4v) is 2.38. The first-order valence-electron chi connectivity index (χ1n) is 6.93. The minimum Gasteiger partial charge on any atom is -0.491 e. The van der Waals surface area contributed by atoms with Gasteiger partial charge in [-0.15, -0.1) is 0 Å². The minimum atomic E-state index is -3.71. The van der Waals surface area contributed by atoms with E-state index < -0.39 is 10.0 Å². The normalized spacial score (nSPS) is 11.2. The molecule has 0 spiro atoms. The Morgan fingerprint density at radius 2 is 2.05 bits per heavy atom. The van der Waals surface area contributed by atoms with Gasteiger partial charge in [0.05, 0.1) is 11.4 Å². The number of rotatable bonds is 8. The highest BCUT2D eigenvalue weighted by Gasteiger charge is 2.11. The number of carbonyl (C=O) groups is 1. The van der Waals surface area contributed by atoms with Crippen LogP contribution >= 0.6 is 0 Å². The molecule has 6 nitrogen and oxygen atoms in total. The van der Waals surface area contributed by atoms with Gasteiger partial charge in [0.1, 0.15) is 12.4 Å². The number of nitrogens with two attached hydrogens (primary N) is 1. The average Bonchev–Trinajstić information content (AvgIpc) is 2.42. The van der Waals surface area contributed by atoms with Gasteiger partial charge in [-0.25, -0.2) is 13.6 Å². The van der Waals surface area contributed by atoms with E-state index in [1.807, 2.05) is 13.8 Å². The highest BCUT2D eigenvalue weighted by molar-refractivity contribution is 7.89. The lowest BCUT2D eigenvalue weighted by atomic mass is 10.1. The predicted octanol–water partition coefficient (Wildman–Crippen LogP) is 1.19.